The van der Waals surface area contributed by atoms with E-state index in [9.17, 15) is 4.79 Å². The van der Waals surface area contributed by atoms with E-state index >= 15 is 0 Å². The van der Waals surface area contributed by atoms with Gasteiger partial charge in [-0.1, -0.05) is 97.6 Å². The normalized spacial score (nSPS) is 11.9. The Morgan fingerprint density at radius 3 is 2.17 bits per heavy atom. The summed E-state index contributed by atoms with van der Waals surface area (Å²) in [5, 5.41) is 3.06. The van der Waals surface area contributed by atoms with Crippen LogP contribution >= 0.6 is 0 Å². The molecule has 1 aromatic heterocycles. The fourth-order valence-corrected chi connectivity index (χ4v) is 3.88. The van der Waals surface area contributed by atoms with Crippen molar-refractivity contribution >= 4 is 16.9 Å². The van der Waals surface area contributed by atoms with Crippen molar-refractivity contribution < 1.29 is 4.79 Å². The average molecular weight is 414 g/mol. The van der Waals surface area contributed by atoms with Gasteiger partial charge in [-0.3, -0.25) is 4.79 Å². The van der Waals surface area contributed by atoms with Gasteiger partial charge in [0.15, 0.2) is 0 Å². The summed E-state index contributed by atoms with van der Waals surface area (Å²) in [5.74, 6) is 1.18. The molecule has 0 radical (unpaired) electrons. The summed E-state index contributed by atoms with van der Waals surface area (Å²) in [5.41, 5.74) is 1.92. The van der Waals surface area contributed by atoms with E-state index in [1.807, 2.05) is 26.8 Å². The van der Waals surface area contributed by atoms with Gasteiger partial charge in [0.25, 0.3) is 0 Å². The van der Waals surface area contributed by atoms with Crippen molar-refractivity contribution in [3.8, 4) is 0 Å². The number of aromatic nitrogens is 2. The van der Waals surface area contributed by atoms with Gasteiger partial charge in [0.1, 0.15) is 5.82 Å². The number of benzene rings is 1. The van der Waals surface area contributed by atoms with Gasteiger partial charge in [-0.2, -0.15) is 0 Å². The largest absolute Gasteiger partial charge is 0.355 e. The number of imidazole rings is 1. The molecule has 0 unspecified atom stereocenters. The summed E-state index contributed by atoms with van der Waals surface area (Å²) in [6, 6.07) is 8.38. The maximum atomic E-state index is 12.1. The van der Waals surface area contributed by atoms with Gasteiger partial charge in [0.2, 0.25) is 5.91 Å². The third kappa shape index (κ3) is 8.12. The van der Waals surface area contributed by atoms with Crippen molar-refractivity contribution in [2.75, 3.05) is 6.54 Å². The number of rotatable bonds is 14. The van der Waals surface area contributed by atoms with E-state index < -0.39 is 0 Å². The zero-order valence-electron chi connectivity index (χ0n) is 19.8. The number of carbonyl (C=O) groups is 1. The van der Waals surface area contributed by atoms with Crippen LogP contribution in [0.5, 0.6) is 0 Å². The first-order valence-electron chi connectivity index (χ1n) is 12.2. The number of carbonyl (C=O) groups excluding carboxylic acids is 1. The van der Waals surface area contributed by atoms with Gasteiger partial charge in [-0.25, -0.2) is 4.98 Å². The Balaban J connectivity index is 1.79. The maximum absolute atomic E-state index is 12.1. The Morgan fingerprint density at radius 1 is 0.933 bits per heavy atom. The van der Waals surface area contributed by atoms with E-state index in [4.69, 9.17) is 4.98 Å². The van der Waals surface area contributed by atoms with E-state index in [0.29, 0.717) is 6.54 Å². The lowest BCUT2D eigenvalue weighted by atomic mass is 9.96. The first kappa shape index (κ1) is 24.4. The topological polar surface area (TPSA) is 46.9 Å². The number of fused-ring (bicyclic) bond motifs is 1. The SMILES string of the molecule is CCCCCCCCCCCCn1c(CCNC(=O)C(C)(C)C)nc2ccccc21. The molecule has 1 aromatic carbocycles. The van der Waals surface area contributed by atoms with Gasteiger partial charge < -0.3 is 9.88 Å². The lowest BCUT2D eigenvalue weighted by Gasteiger charge is -2.17. The number of aryl methyl sites for hydroxylation is 1. The van der Waals surface area contributed by atoms with E-state index in [1.165, 1.54) is 69.7 Å². The Bertz CT molecular complexity index is 757. The minimum atomic E-state index is -0.351. The number of unbranched alkanes of at least 4 members (excludes halogenated alkanes) is 9. The number of hydrogen-bond donors (Lipinski definition) is 1. The van der Waals surface area contributed by atoms with Crippen LogP contribution in [0.4, 0.5) is 0 Å². The number of nitrogens with one attached hydrogen (secondary N) is 1. The molecule has 0 aliphatic heterocycles. The highest BCUT2D eigenvalue weighted by atomic mass is 16.2. The zero-order chi connectivity index (χ0) is 21.8. The molecule has 1 amide bonds. The van der Waals surface area contributed by atoms with Crippen LogP contribution in [0.15, 0.2) is 24.3 Å². The zero-order valence-corrected chi connectivity index (χ0v) is 19.8. The molecule has 1 N–H and O–H groups in total. The predicted octanol–water partition coefficient (Wildman–Crippen LogP) is 6.66. The quantitative estimate of drug-likeness (QED) is 0.352. The summed E-state index contributed by atoms with van der Waals surface area (Å²) < 4.78 is 2.36. The molecule has 0 aliphatic carbocycles. The summed E-state index contributed by atoms with van der Waals surface area (Å²) in [6.45, 7) is 9.77. The smallest absolute Gasteiger partial charge is 0.225 e. The van der Waals surface area contributed by atoms with Crippen LogP contribution in [0, 0.1) is 5.41 Å². The van der Waals surface area contributed by atoms with Crippen LogP contribution in [0.1, 0.15) is 97.7 Å². The molecule has 30 heavy (non-hydrogen) atoms. The van der Waals surface area contributed by atoms with Crippen LogP contribution in [0.2, 0.25) is 0 Å². The van der Waals surface area contributed by atoms with Gasteiger partial charge in [0.05, 0.1) is 11.0 Å². The lowest BCUT2D eigenvalue weighted by Crippen LogP contribution is -2.36. The van der Waals surface area contributed by atoms with Crippen LogP contribution in [-0.2, 0) is 17.8 Å². The van der Waals surface area contributed by atoms with Crippen molar-refractivity contribution in [2.24, 2.45) is 5.41 Å². The Labute approximate surface area is 183 Å². The van der Waals surface area contributed by atoms with E-state index in [1.54, 1.807) is 0 Å². The number of hydrogen-bond acceptors (Lipinski definition) is 2. The molecule has 4 nitrogen and oxygen atoms in total. The second kappa shape index (κ2) is 12.8. The van der Waals surface area contributed by atoms with Gasteiger partial charge in [-0.15, -0.1) is 0 Å². The second-order valence-electron chi connectivity index (χ2n) is 9.61. The fourth-order valence-electron chi connectivity index (χ4n) is 3.88. The average Bonchev–Trinajstić information content (AvgIpc) is 3.06. The van der Waals surface area contributed by atoms with E-state index in [-0.39, 0.29) is 11.3 Å². The highest BCUT2D eigenvalue weighted by Crippen LogP contribution is 2.19. The van der Waals surface area contributed by atoms with Crippen LogP contribution in [-0.4, -0.2) is 22.0 Å². The molecule has 0 saturated heterocycles. The molecule has 0 saturated carbocycles. The van der Waals surface area contributed by atoms with Crippen LogP contribution in [0.25, 0.3) is 11.0 Å². The number of para-hydroxylation sites is 2. The molecule has 0 fully saturated rings. The summed E-state index contributed by atoms with van der Waals surface area (Å²) in [6.07, 6.45) is 14.3. The molecule has 168 valence electrons. The second-order valence-corrected chi connectivity index (χ2v) is 9.61. The molecule has 2 aromatic rings. The van der Waals surface area contributed by atoms with Gasteiger partial charge in [0, 0.05) is 24.9 Å². The first-order valence-corrected chi connectivity index (χ1v) is 12.2. The van der Waals surface area contributed by atoms with E-state index in [0.717, 1.165) is 24.3 Å². The van der Waals surface area contributed by atoms with Crippen molar-refractivity contribution in [3.63, 3.8) is 0 Å². The molecule has 0 spiro atoms. The molecular formula is C26H43N3O. The van der Waals surface area contributed by atoms with Crippen LogP contribution in [0.3, 0.4) is 0 Å². The Kier molecular flexibility index (Phi) is 10.4. The lowest BCUT2D eigenvalue weighted by molar-refractivity contribution is -0.128. The third-order valence-electron chi connectivity index (χ3n) is 5.78. The molecule has 1 heterocycles. The minimum Gasteiger partial charge on any atom is -0.355 e. The third-order valence-corrected chi connectivity index (χ3v) is 5.78. The highest BCUT2D eigenvalue weighted by molar-refractivity contribution is 5.81. The molecule has 2 rings (SSSR count). The minimum absolute atomic E-state index is 0.0971. The predicted molar refractivity (Wildman–Crippen MR) is 128 cm³/mol. The molecule has 0 bridgehead atoms. The number of nitrogens with zero attached hydrogens (tertiary/aromatic N) is 2. The standard InChI is InChI=1S/C26H43N3O/c1-5-6-7-8-9-10-11-12-13-16-21-29-23-18-15-14-17-22(23)28-24(29)19-20-27-25(30)26(2,3)4/h14-15,17-18H,5-13,16,19-21H2,1-4H3,(H,27,30). The summed E-state index contributed by atoms with van der Waals surface area (Å²) >= 11 is 0. The van der Waals surface area contributed by atoms with Crippen molar-refractivity contribution in [2.45, 2.75) is 105 Å². The monoisotopic (exact) mass is 413 g/mol. The summed E-state index contributed by atoms with van der Waals surface area (Å²) in [7, 11) is 0. The molecule has 0 aliphatic rings. The number of amides is 1. The van der Waals surface area contributed by atoms with Crippen molar-refractivity contribution in [1.82, 2.24) is 14.9 Å². The first-order chi connectivity index (χ1) is 14.4. The Hall–Kier alpha value is -1.84. The van der Waals surface area contributed by atoms with Crippen molar-refractivity contribution in [3.05, 3.63) is 30.1 Å². The molecule has 4 heteroatoms. The van der Waals surface area contributed by atoms with Crippen molar-refractivity contribution in [1.29, 1.82) is 0 Å². The maximum Gasteiger partial charge on any atom is 0.225 e. The summed E-state index contributed by atoms with van der Waals surface area (Å²) in [4.78, 5) is 17.0. The molecule has 0 atom stereocenters. The molecular weight excluding hydrogens is 370 g/mol. The highest BCUT2D eigenvalue weighted by Gasteiger charge is 2.20. The van der Waals surface area contributed by atoms with Gasteiger partial charge in [-0.05, 0) is 18.6 Å². The van der Waals surface area contributed by atoms with E-state index in [2.05, 4.69) is 35.0 Å². The fraction of sp³-hybridized carbons (Fsp3) is 0.692. The van der Waals surface area contributed by atoms with Gasteiger partial charge >= 0.3 is 0 Å². The Morgan fingerprint density at radius 2 is 1.53 bits per heavy atom. The van der Waals surface area contributed by atoms with Crippen LogP contribution < -0.4 is 5.32 Å².